The molecule has 2 rings (SSSR count). The highest BCUT2D eigenvalue weighted by molar-refractivity contribution is 5.78. The number of likely N-dealkylation sites (tertiary alicyclic amines) is 1. The van der Waals surface area contributed by atoms with Crippen LogP contribution in [0.2, 0.25) is 0 Å². The van der Waals surface area contributed by atoms with Gasteiger partial charge >= 0.3 is 0 Å². The molecular weight excluding hydrogens is 180 g/mol. The van der Waals surface area contributed by atoms with Crippen molar-refractivity contribution in [2.45, 2.75) is 25.3 Å². The first-order valence-corrected chi connectivity index (χ1v) is 5.41. The quantitative estimate of drug-likeness (QED) is 0.647. The van der Waals surface area contributed by atoms with Gasteiger partial charge in [-0.3, -0.25) is 4.79 Å². The van der Waals surface area contributed by atoms with Crippen LogP contribution in [0.3, 0.4) is 0 Å². The fourth-order valence-corrected chi connectivity index (χ4v) is 2.33. The molecule has 4 heteroatoms. The van der Waals surface area contributed by atoms with Crippen LogP contribution in [0.15, 0.2) is 0 Å². The van der Waals surface area contributed by atoms with Gasteiger partial charge in [0, 0.05) is 38.1 Å². The molecule has 2 atom stereocenters. The number of aliphatic hydroxyl groups excluding tert-OH is 1. The van der Waals surface area contributed by atoms with E-state index in [9.17, 15) is 4.79 Å². The van der Waals surface area contributed by atoms with Crippen molar-refractivity contribution >= 4 is 5.91 Å². The molecule has 0 aromatic heterocycles. The van der Waals surface area contributed by atoms with Crippen LogP contribution in [0.25, 0.3) is 0 Å². The van der Waals surface area contributed by atoms with E-state index in [-0.39, 0.29) is 18.4 Å². The van der Waals surface area contributed by atoms with Gasteiger partial charge in [0.2, 0.25) is 5.91 Å². The Bertz CT molecular complexity index is 214. The minimum Gasteiger partial charge on any atom is -0.396 e. The minimum atomic E-state index is 0.139. The molecule has 0 saturated carbocycles. The lowest BCUT2D eigenvalue weighted by Gasteiger charge is -2.20. The molecule has 2 unspecified atom stereocenters. The zero-order valence-corrected chi connectivity index (χ0v) is 8.41. The average molecular weight is 198 g/mol. The summed E-state index contributed by atoms with van der Waals surface area (Å²) < 4.78 is 0. The van der Waals surface area contributed by atoms with Gasteiger partial charge in [-0.1, -0.05) is 0 Å². The first-order valence-electron chi connectivity index (χ1n) is 5.41. The van der Waals surface area contributed by atoms with Crippen molar-refractivity contribution < 1.29 is 9.90 Å². The van der Waals surface area contributed by atoms with Crippen molar-refractivity contribution in [2.75, 3.05) is 26.2 Å². The second-order valence-electron chi connectivity index (χ2n) is 4.34. The highest BCUT2D eigenvalue weighted by atomic mass is 16.3. The van der Waals surface area contributed by atoms with Crippen molar-refractivity contribution in [2.24, 2.45) is 5.92 Å². The third kappa shape index (κ3) is 2.07. The molecule has 0 spiro atoms. The summed E-state index contributed by atoms with van der Waals surface area (Å²) >= 11 is 0. The summed E-state index contributed by atoms with van der Waals surface area (Å²) in [7, 11) is 0. The normalized spacial score (nSPS) is 32.9. The van der Waals surface area contributed by atoms with Crippen LogP contribution < -0.4 is 5.32 Å². The third-order valence-corrected chi connectivity index (χ3v) is 3.16. The zero-order valence-electron chi connectivity index (χ0n) is 8.41. The monoisotopic (exact) mass is 198 g/mol. The van der Waals surface area contributed by atoms with Gasteiger partial charge in [0.25, 0.3) is 0 Å². The fourth-order valence-electron chi connectivity index (χ4n) is 2.33. The lowest BCUT2D eigenvalue weighted by molar-refractivity contribution is -0.128. The Labute approximate surface area is 84.3 Å². The van der Waals surface area contributed by atoms with Crippen molar-refractivity contribution in [1.82, 2.24) is 10.2 Å². The number of rotatable bonds is 3. The van der Waals surface area contributed by atoms with Crippen molar-refractivity contribution in [3.63, 3.8) is 0 Å². The highest BCUT2D eigenvalue weighted by Gasteiger charge is 2.30. The molecule has 80 valence electrons. The van der Waals surface area contributed by atoms with E-state index in [0.29, 0.717) is 12.5 Å². The van der Waals surface area contributed by atoms with E-state index in [0.717, 1.165) is 19.6 Å². The Balaban J connectivity index is 1.82. The molecule has 2 saturated heterocycles. The van der Waals surface area contributed by atoms with E-state index >= 15 is 0 Å². The molecule has 2 aliphatic rings. The van der Waals surface area contributed by atoms with Gasteiger partial charge in [0.05, 0.1) is 0 Å². The maximum atomic E-state index is 11.5. The Hall–Kier alpha value is -0.610. The third-order valence-electron chi connectivity index (χ3n) is 3.16. The van der Waals surface area contributed by atoms with Gasteiger partial charge in [-0.25, -0.2) is 0 Å². The van der Waals surface area contributed by atoms with Gasteiger partial charge < -0.3 is 15.3 Å². The van der Waals surface area contributed by atoms with Crippen LogP contribution in [-0.4, -0.2) is 48.2 Å². The Kier molecular flexibility index (Phi) is 3.03. The number of nitrogens with zero attached hydrogens (tertiary/aromatic N) is 1. The molecule has 2 aliphatic heterocycles. The number of hydrogen-bond acceptors (Lipinski definition) is 3. The van der Waals surface area contributed by atoms with Gasteiger partial charge in [-0.05, 0) is 19.4 Å². The van der Waals surface area contributed by atoms with E-state index in [1.54, 1.807) is 0 Å². The summed E-state index contributed by atoms with van der Waals surface area (Å²) in [5.74, 6) is 0.377. The molecule has 2 N–H and O–H groups in total. The summed E-state index contributed by atoms with van der Waals surface area (Å²) in [6.45, 7) is 2.79. The first-order chi connectivity index (χ1) is 6.79. The largest absolute Gasteiger partial charge is 0.396 e. The number of amides is 1. The molecule has 0 bridgehead atoms. The maximum absolute atomic E-state index is 11.5. The molecule has 0 aromatic rings. The van der Waals surface area contributed by atoms with E-state index in [2.05, 4.69) is 5.32 Å². The molecule has 14 heavy (non-hydrogen) atoms. The molecule has 0 aromatic carbocycles. The Morgan fingerprint density at radius 1 is 1.57 bits per heavy atom. The second kappa shape index (κ2) is 4.28. The van der Waals surface area contributed by atoms with Crippen LogP contribution in [0.5, 0.6) is 0 Å². The van der Waals surface area contributed by atoms with E-state index in [4.69, 9.17) is 5.11 Å². The first kappa shape index (κ1) is 9.93. The molecule has 2 fully saturated rings. The second-order valence-corrected chi connectivity index (χ2v) is 4.34. The smallest absolute Gasteiger partial charge is 0.223 e. The van der Waals surface area contributed by atoms with E-state index in [1.807, 2.05) is 4.90 Å². The van der Waals surface area contributed by atoms with Gasteiger partial charge in [0.1, 0.15) is 0 Å². The fraction of sp³-hybridized carbons (Fsp3) is 0.900. The number of aliphatic hydroxyl groups is 1. The van der Waals surface area contributed by atoms with Gasteiger partial charge in [-0.15, -0.1) is 0 Å². The summed E-state index contributed by atoms with van der Waals surface area (Å²) in [5, 5.41) is 12.3. The molecule has 0 aliphatic carbocycles. The maximum Gasteiger partial charge on any atom is 0.223 e. The van der Waals surface area contributed by atoms with Crippen LogP contribution in [0.1, 0.15) is 19.3 Å². The van der Waals surface area contributed by atoms with Crippen LogP contribution >= 0.6 is 0 Å². The van der Waals surface area contributed by atoms with E-state index in [1.165, 1.54) is 12.8 Å². The van der Waals surface area contributed by atoms with Gasteiger partial charge in [0.15, 0.2) is 0 Å². The summed E-state index contributed by atoms with van der Waals surface area (Å²) in [5.41, 5.74) is 0. The summed E-state index contributed by atoms with van der Waals surface area (Å²) in [6.07, 6.45) is 2.92. The van der Waals surface area contributed by atoms with Crippen LogP contribution in [-0.2, 0) is 4.79 Å². The Morgan fingerprint density at radius 2 is 2.43 bits per heavy atom. The van der Waals surface area contributed by atoms with Crippen LogP contribution in [0.4, 0.5) is 0 Å². The minimum absolute atomic E-state index is 0.139. The molecular formula is C10H18N2O2. The van der Waals surface area contributed by atoms with Gasteiger partial charge in [-0.2, -0.15) is 0 Å². The van der Waals surface area contributed by atoms with Crippen molar-refractivity contribution in [3.05, 3.63) is 0 Å². The lowest BCUT2D eigenvalue weighted by Crippen LogP contribution is -2.38. The predicted octanol–water partition coefficient (Wildman–Crippen LogP) is -0.421. The lowest BCUT2D eigenvalue weighted by atomic mass is 10.1. The number of hydrogen-bond donors (Lipinski definition) is 2. The van der Waals surface area contributed by atoms with E-state index < -0.39 is 0 Å². The van der Waals surface area contributed by atoms with Crippen molar-refractivity contribution in [3.8, 4) is 0 Å². The highest BCUT2D eigenvalue weighted by Crippen LogP contribution is 2.18. The number of carbonyl (C=O) groups excluding carboxylic acids is 1. The molecule has 1 amide bonds. The standard InChI is InChI=1S/C10H18N2O2/c13-7-8-4-10(14)12(5-8)6-9-2-1-3-11-9/h8-9,11,13H,1-7H2. The zero-order chi connectivity index (χ0) is 9.97. The Morgan fingerprint density at radius 3 is 3.00 bits per heavy atom. The predicted molar refractivity (Wildman–Crippen MR) is 52.8 cm³/mol. The summed E-state index contributed by atoms with van der Waals surface area (Å²) in [6, 6.07) is 0.483. The molecule has 4 nitrogen and oxygen atoms in total. The summed E-state index contributed by atoms with van der Waals surface area (Å²) in [4.78, 5) is 13.4. The number of carbonyl (C=O) groups is 1. The average Bonchev–Trinajstić information content (AvgIpc) is 2.78. The van der Waals surface area contributed by atoms with Crippen LogP contribution in [0, 0.1) is 5.92 Å². The van der Waals surface area contributed by atoms with Crippen molar-refractivity contribution in [1.29, 1.82) is 0 Å². The number of nitrogens with one attached hydrogen (secondary N) is 1. The molecule has 2 heterocycles. The topological polar surface area (TPSA) is 52.6 Å². The molecule has 0 radical (unpaired) electrons. The SMILES string of the molecule is O=C1CC(CO)CN1CC1CCCN1.